The number of thioether (sulfide) groups is 2. The monoisotopic (exact) mass is 362 g/mol. The van der Waals surface area contributed by atoms with Crippen molar-refractivity contribution in [2.24, 2.45) is 4.99 Å². The van der Waals surface area contributed by atoms with E-state index in [2.05, 4.69) is 10.3 Å². The lowest BCUT2D eigenvalue weighted by atomic mass is 10.1. The summed E-state index contributed by atoms with van der Waals surface area (Å²) >= 11 is 9.34. The maximum Gasteiger partial charge on any atom is 0.255 e. The van der Waals surface area contributed by atoms with Gasteiger partial charge in [-0.05, 0) is 35.9 Å². The number of halogens is 1. The summed E-state index contributed by atoms with van der Waals surface area (Å²) in [7, 11) is 0. The van der Waals surface area contributed by atoms with Gasteiger partial charge in [-0.1, -0.05) is 53.3 Å². The highest BCUT2D eigenvalue weighted by Crippen LogP contribution is 2.26. The van der Waals surface area contributed by atoms with Gasteiger partial charge in [0.1, 0.15) is 4.38 Å². The van der Waals surface area contributed by atoms with Crippen LogP contribution in [0.1, 0.15) is 15.9 Å². The highest BCUT2D eigenvalue weighted by molar-refractivity contribution is 8.38. The Bertz CT molecular complexity index is 732. The van der Waals surface area contributed by atoms with E-state index in [1.807, 2.05) is 24.3 Å². The molecule has 118 valence electrons. The Morgan fingerprint density at radius 3 is 2.74 bits per heavy atom. The number of carbonyl (C=O) groups excluding carboxylic acids is 1. The van der Waals surface area contributed by atoms with Crippen LogP contribution >= 0.6 is 35.1 Å². The van der Waals surface area contributed by atoms with Gasteiger partial charge in [0.2, 0.25) is 0 Å². The Kier molecular flexibility index (Phi) is 5.65. The van der Waals surface area contributed by atoms with Gasteiger partial charge in [0, 0.05) is 27.8 Å². The highest BCUT2D eigenvalue weighted by atomic mass is 35.5. The lowest BCUT2D eigenvalue weighted by molar-refractivity contribution is 0.102. The molecule has 1 aliphatic heterocycles. The number of nitrogens with one attached hydrogen (secondary N) is 1. The van der Waals surface area contributed by atoms with Crippen LogP contribution in [-0.4, -0.2) is 22.6 Å². The molecular formula is C17H15ClN2OS2. The second kappa shape index (κ2) is 7.90. The van der Waals surface area contributed by atoms with E-state index in [4.69, 9.17) is 11.6 Å². The molecule has 0 radical (unpaired) electrons. The summed E-state index contributed by atoms with van der Waals surface area (Å²) in [5.74, 6) is 1.70. The van der Waals surface area contributed by atoms with E-state index in [0.29, 0.717) is 10.6 Å². The molecule has 1 heterocycles. The van der Waals surface area contributed by atoms with Crippen LogP contribution in [-0.2, 0) is 5.75 Å². The maximum atomic E-state index is 12.5. The zero-order chi connectivity index (χ0) is 16.1. The van der Waals surface area contributed by atoms with E-state index in [0.717, 1.165) is 33.7 Å². The molecule has 0 atom stereocenters. The van der Waals surface area contributed by atoms with Gasteiger partial charge >= 0.3 is 0 Å². The van der Waals surface area contributed by atoms with Crippen molar-refractivity contribution >= 4 is 51.1 Å². The number of anilines is 1. The fourth-order valence-electron chi connectivity index (χ4n) is 2.14. The molecule has 3 rings (SSSR count). The molecule has 2 aromatic carbocycles. The number of amides is 1. The minimum absolute atomic E-state index is 0.107. The smallest absolute Gasteiger partial charge is 0.255 e. The Balaban J connectivity index is 1.70. The topological polar surface area (TPSA) is 41.5 Å². The zero-order valence-electron chi connectivity index (χ0n) is 12.3. The molecule has 2 aromatic rings. The van der Waals surface area contributed by atoms with Crippen LogP contribution in [0, 0.1) is 0 Å². The van der Waals surface area contributed by atoms with Crippen molar-refractivity contribution in [2.75, 3.05) is 17.6 Å². The quantitative estimate of drug-likeness (QED) is 0.838. The minimum atomic E-state index is -0.107. The highest BCUT2D eigenvalue weighted by Gasteiger charge is 2.13. The van der Waals surface area contributed by atoms with Gasteiger partial charge in [-0.25, -0.2) is 0 Å². The number of aliphatic imine (C=N–C) groups is 1. The van der Waals surface area contributed by atoms with Gasteiger partial charge < -0.3 is 5.32 Å². The maximum absolute atomic E-state index is 12.5. The first kappa shape index (κ1) is 16.4. The lowest BCUT2D eigenvalue weighted by Gasteiger charge is -2.10. The van der Waals surface area contributed by atoms with Gasteiger partial charge in [-0.2, -0.15) is 0 Å². The van der Waals surface area contributed by atoms with E-state index in [-0.39, 0.29) is 5.91 Å². The summed E-state index contributed by atoms with van der Waals surface area (Å²) in [5.41, 5.74) is 2.44. The Morgan fingerprint density at radius 1 is 1.22 bits per heavy atom. The van der Waals surface area contributed by atoms with Crippen LogP contribution in [0.5, 0.6) is 0 Å². The third-order valence-corrected chi connectivity index (χ3v) is 5.83. The molecule has 0 unspecified atom stereocenters. The van der Waals surface area contributed by atoms with E-state index in [1.165, 1.54) is 0 Å². The molecular weight excluding hydrogens is 348 g/mol. The Hall–Kier alpha value is -1.43. The van der Waals surface area contributed by atoms with Gasteiger partial charge in [0.15, 0.2) is 0 Å². The summed E-state index contributed by atoms with van der Waals surface area (Å²) in [6.07, 6.45) is 0. The van der Waals surface area contributed by atoms with Crippen LogP contribution in [0.2, 0.25) is 5.02 Å². The largest absolute Gasteiger partial charge is 0.322 e. The fourth-order valence-corrected chi connectivity index (χ4v) is 4.28. The van der Waals surface area contributed by atoms with Crippen molar-refractivity contribution < 1.29 is 4.79 Å². The molecule has 0 bridgehead atoms. The first-order valence-electron chi connectivity index (χ1n) is 7.17. The van der Waals surface area contributed by atoms with Crippen molar-refractivity contribution in [3.8, 4) is 0 Å². The summed E-state index contributed by atoms with van der Waals surface area (Å²) in [4.78, 5) is 17.0. The molecule has 0 fully saturated rings. The van der Waals surface area contributed by atoms with Crippen LogP contribution in [0.4, 0.5) is 5.69 Å². The third-order valence-electron chi connectivity index (χ3n) is 3.27. The summed E-state index contributed by atoms with van der Waals surface area (Å²) < 4.78 is 1.11. The number of nitrogens with zero attached hydrogens (tertiary/aromatic N) is 1. The third kappa shape index (κ3) is 4.53. The van der Waals surface area contributed by atoms with E-state index < -0.39 is 0 Å². The second-order valence-electron chi connectivity index (χ2n) is 4.90. The van der Waals surface area contributed by atoms with E-state index in [1.54, 1.807) is 47.8 Å². The molecule has 1 N–H and O–H groups in total. The van der Waals surface area contributed by atoms with Crippen LogP contribution in [0.25, 0.3) is 0 Å². The van der Waals surface area contributed by atoms with Crippen molar-refractivity contribution in [3.05, 3.63) is 64.7 Å². The summed E-state index contributed by atoms with van der Waals surface area (Å²) in [5, 5.41) is 3.56. The van der Waals surface area contributed by atoms with Crippen LogP contribution in [0.15, 0.2) is 53.5 Å². The minimum Gasteiger partial charge on any atom is -0.322 e. The Morgan fingerprint density at radius 2 is 2.00 bits per heavy atom. The predicted octanol–water partition coefficient (Wildman–Crippen LogP) is 4.93. The number of carbonyl (C=O) groups is 1. The predicted molar refractivity (Wildman–Crippen MR) is 102 cm³/mol. The molecule has 0 saturated carbocycles. The number of hydrogen-bond donors (Lipinski definition) is 1. The normalized spacial score (nSPS) is 13.7. The first-order chi connectivity index (χ1) is 11.2. The standard InChI is InChI=1S/C17H15ClN2OS2/c18-13-5-7-14(8-6-13)20-16(21)15-4-2-1-3-12(15)11-23-17-19-9-10-22-17/h1-8H,9-11H2,(H,20,21). The van der Waals surface area contributed by atoms with Crippen molar-refractivity contribution in [2.45, 2.75) is 5.75 Å². The summed E-state index contributed by atoms with van der Waals surface area (Å²) in [6, 6.07) is 14.8. The Labute approximate surface area is 148 Å². The molecule has 6 heteroatoms. The first-order valence-corrected chi connectivity index (χ1v) is 9.52. The van der Waals surface area contributed by atoms with Gasteiger partial charge in [-0.3, -0.25) is 9.79 Å². The van der Waals surface area contributed by atoms with Crippen molar-refractivity contribution in [1.29, 1.82) is 0 Å². The molecule has 1 aliphatic rings. The molecule has 3 nitrogen and oxygen atoms in total. The van der Waals surface area contributed by atoms with Crippen molar-refractivity contribution in [3.63, 3.8) is 0 Å². The SMILES string of the molecule is O=C(Nc1ccc(Cl)cc1)c1ccccc1CSC1=NCCS1. The molecule has 23 heavy (non-hydrogen) atoms. The molecule has 0 spiro atoms. The van der Waals surface area contributed by atoms with Gasteiger partial charge in [-0.15, -0.1) is 0 Å². The van der Waals surface area contributed by atoms with E-state index in [9.17, 15) is 4.79 Å². The lowest BCUT2D eigenvalue weighted by Crippen LogP contribution is -2.14. The fraction of sp³-hybridized carbons (Fsp3) is 0.176. The number of hydrogen-bond acceptors (Lipinski definition) is 4. The second-order valence-corrected chi connectivity index (χ2v) is 7.65. The van der Waals surface area contributed by atoms with E-state index >= 15 is 0 Å². The van der Waals surface area contributed by atoms with Gasteiger partial charge in [0.05, 0.1) is 6.54 Å². The summed E-state index contributed by atoms with van der Waals surface area (Å²) in [6.45, 7) is 0.895. The number of benzene rings is 2. The molecule has 1 amide bonds. The molecule has 0 aliphatic carbocycles. The average Bonchev–Trinajstić information content (AvgIpc) is 3.09. The number of rotatable bonds is 4. The average molecular weight is 363 g/mol. The zero-order valence-corrected chi connectivity index (χ0v) is 14.7. The van der Waals surface area contributed by atoms with Gasteiger partial charge in [0.25, 0.3) is 5.91 Å². The molecule has 0 aromatic heterocycles. The van der Waals surface area contributed by atoms with Crippen LogP contribution < -0.4 is 5.32 Å². The van der Waals surface area contributed by atoms with Crippen LogP contribution in [0.3, 0.4) is 0 Å². The van der Waals surface area contributed by atoms with Crippen molar-refractivity contribution in [1.82, 2.24) is 0 Å². The molecule has 0 saturated heterocycles.